The second-order valence-electron chi connectivity index (χ2n) is 2.82. The summed E-state index contributed by atoms with van der Waals surface area (Å²) in [5, 5.41) is -0.393. The Kier molecular flexibility index (Phi) is 9.82. The average molecular weight is 259 g/mol. The first kappa shape index (κ1) is 15.7. The van der Waals surface area contributed by atoms with Crippen molar-refractivity contribution in [3.8, 4) is 47.4 Å². The van der Waals surface area contributed by atoms with Crippen LogP contribution in [-0.4, -0.2) is 18.0 Å². The summed E-state index contributed by atoms with van der Waals surface area (Å²) in [7, 11) is 0. The minimum Gasteiger partial charge on any atom is -0.464 e. The molecule has 0 bridgehead atoms. The predicted molar refractivity (Wildman–Crippen MR) is 72.2 cm³/mol. The van der Waals surface area contributed by atoms with E-state index < -0.39 is 5.38 Å². The van der Waals surface area contributed by atoms with E-state index in [2.05, 4.69) is 47.4 Å². The number of esters is 1. The van der Waals surface area contributed by atoms with Gasteiger partial charge in [-0.05, 0) is 48.5 Å². The molecule has 18 heavy (non-hydrogen) atoms. The molecule has 0 fully saturated rings. The Balaban J connectivity index is 4.05. The number of halogens is 1. The van der Waals surface area contributed by atoms with Crippen LogP contribution in [0.2, 0.25) is 0 Å². The third-order valence-corrected chi connectivity index (χ3v) is 1.62. The highest BCUT2D eigenvalue weighted by atomic mass is 35.5. The van der Waals surface area contributed by atoms with Gasteiger partial charge >= 0.3 is 5.97 Å². The van der Waals surface area contributed by atoms with Crippen molar-refractivity contribution in [1.29, 1.82) is 0 Å². The normalized spacial score (nSPS) is 9.28. The fourth-order valence-electron chi connectivity index (χ4n) is 0.670. The summed E-state index contributed by atoms with van der Waals surface area (Å²) in [4.78, 5) is 10.5. The molecule has 0 rings (SSSR count). The van der Waals surface area contributed by atoms with Crippen LogP contribution in [0.3, 0.4) is 0 Å². The maximum absolute atomic E-state index is 10.5. The molecule has 0 N–H and O–H groups in total. The van der Waals surface area contributed by atoms with Crippen molar-refractivity contribution in [2.24, 2.45) is 0 Å². The van der Waals surface area contributed by atoms with Gasteiger partial charge in [-0.25, -0.2) is 0 Å². The highest BCUT2D eigenvalue weighted by molar-refractivity contribution is 6.22. The Morgan fingerprint density at radius 2 is 1.83 bits per heavy atom. The van der Waals surface area contributed by atoms with Gasteiger partial charge in [-0.3, -0.25) is 4.79 Å². The van der Waals surface area contributed by atoms with E-state index in [1.54, 1.807) is 19.1 Å². The fraction of sp³-hybridized carbons (Fsp3) is 0.267. The Hall–Kier alpha value is -2.26. The Labute approximate surface area is 113 Å². The summed E-state index contributed by atoms with van der Waals surface area (Å²) < 4.78 is 4.71. The van der Waals surface area contributed by atoms with E-state index in [0.717, 1.165) is 0 Å². The van der Waals surface area contributed by atoms with Crippen molar-refractivity contribution in [2.45, 2.75) is 19.2 Å². The lowest BCUT2D eigenvalue weighted by Crippen LogP contribution is -2.09. The molecule has 0 aliphatic heterocycles. The second-order valence-corrected chi connectivity index (χ2v) is 3.38. The zero-order valence-corrected chi connectivity index (χ0v) is 10.9. The molecule has 0 aliphatic carbocycles. The van der Waals surface area contributed by atoms with Crippen LogP contribution in [0.5, 0.6) is 0 Å². The van der Waals surface area contributed by atoms with Gasteiger partial charge in [-0.15, -0.1) is 11.6 Å². The van der Waals surface area contributed by atoms with Gasteiger partial charge in [-0.2, -0.15) is 0 Å². The van der Waals surface area contributed by atoms with Crippen molar-refractivity contribution >= 4 is 17.6 Å². The molecule has 0 saturated heterocycles. The van der Waals surface area contributed by atoms with Gasteiger partial charge in [0.15, 0.2) is 0 Å². The molecule has 1 atom stereocenters. The minimum atomic E-state index is -0.393. The van der Waals surface area contributed by atoms with Gasteiger partial charge in [-0.1, -0.05) is 17.9 Å². The van der Waals surface area contributed by atoms with Gasteiger partial charge in [0.05, 0.1) is 5.38 Å². The molecule has 0 aromatic rings. The predicted octanol–water partition coefficient (Wildman–Crippen LogP) is 1.75. The second kappa shape index (κ2) is 11.2. The Bertz CT molecular complexity index is 542. The molecule has 0 radical (unpaired) electrons. The lowest BCUT2D eigenvalue weighted by molar-refractivity contribution is -0.140. The smallest absolute Gasteiger partial charge is 0.302 e. The van der Waals surface area contributed by atoms with E-state index >= 15 is 0 Å². The Morgan fingerprint density at radius 1 is 1.22 bits per heavy atom. The zero-order chi connectivity index (χ0) is 13.6. The summed E-state index contributed by atoms with van der Waals surface area (Å²) in [5.41, 5.74) is 0. The molecule has 90 valence electrons. The van der Waals surface area contributed by atoms with Crippen LogP contribution in [0.1, 0.15) is 13.8 Å². The van der Waals surface area contributed by atoms with Gasteiger partial charge in [0.2, 0.25) is 0 Å². The monoisotopic (exact) mass is 258 g/mol. The summed E-state index contributed by atoms with van der Waals surface area (Å²) in [6.07, 6.45) is 3.17. The number of hydrogen-bond donors (Lipinski definition) is 0. The first-order valence-corrected chi connectivity index (χ1v) is 5.47. The molecule has 3 heteroatoms. The highest BCUT2D eigenvalue weighted by Crippen LogP contribution is 1.98. The molecule has 0 amide bonds. The van der Waals surface area contributed by atoms with Crippen molar-refractivity contribution in [1.82, 2.24) is 0 Å². The number of rotatable bonds is 3. The molecule has 0 unspecified atom stereocenters. The summed E-state index contributed by atoms with van der Waals surface area (Å²) in [5.74, 6) is 20.2. The summed E-state index contributed by atoms with van der Waals surface area (Å²) >= 11 is 5.82. The number of allylic oxidation sites excluding steroid dienone is 1. The average Bonchev–Trinajstić information content (AvgIpc) is 2.34. The number of carbonyl (C=O) groups is 1. The first-order chi connectivity index (χ1) is 8.66. The van der Waals surface area contributed by atoms with E-state index in [-0.39, 0.29) is 12.6 Å². The highest BCUT2D eigenvalue weighted by Gasteiger charge is 2.00. The molecule has 0 spiro atoms. The van der Waals surface area contributed by atoms with Crippen LogP contribution in [0.25, 0.3) is 0 Å². The first-order valence-electron chi connectivity index (χ1n) is 5.03. The zero-order valence-electron chi connectivity index (χ0n) is 10.1. The number of hydrogen-bond acceptors (Lipinski definition) is 2. The van der Waals surface area contributed by atoms with Crippen molar-refractivity contribution in [3.63, 3.8) is 0 Å². The number of ether oxygens (including phenoxy) is 1. The fourth-order valence-corrected chi connectivity index (χ4v) is 0.806. The molecule has 0 aliphatic rings. The molecule has 0 saturated carbocycles. The van der Waals surface area contributed by atoms with Crippen LogP contribution in [0.15, 0.2) is 12.2 Å². The molecule has 0 heterocycles. The SMILES string of the molecule is CC#CC#CC#CC#C/C=C/[C@H](Cl)COC(C)=O. The van der Waals surface area contributed by atoms with E-state index in [1.165, 1.54) is 6.92 Å². The van der Waals surface area contributed by atoms with Crippen molar-refractivity contribution in [2.75, 3.05) is 6.61 Å². The van der Waals surface area contributed by atoms with Gasteiger partial charge in [0.1, 0.15) is 6.61 Å². The standard InChI is InChI=1S/C15H11ClO2/c1-3-4-5-6-7-8-9-10-11-12-15(16)13-18-14(2)17/h11-12,15H,13H2,1-2H3/b12-11+/t15-/m0/s1. The third kappa shape index (κ3) is 11.8. The summed E-state index contributed by atoms with van der Waals surface area (Å²) in [6, 6.07) is 0. The van der Waals surface area contributed by atoms with Crippen LogP contribution in [-0.2, 0) is 9.53 Å². The van der Waals surface area contributed by atoms with Crippen molar-refractivity contribution < 1.29 is 9.53 Å². The van der Waals surface area contributed by atoms with E-state index in [1.807, 2.05) is 0 Å². The quantitative estimate of drug-likeness (QED) is 0.438. The summed E-state index contributed by atoms with van der Waals surface area (Å²) in [6.45, 7) is 3.15. The van der Waals surface area contributed by atoms with E-state index in [9.17, 15) is 4.79 Å². The lowest BCUT2D eigenvalue weighted by atomic mass is 10.4. The van der Waals surface area contributed by atoms with Crippen LogP contribution >= 0.6 is 11.6 Å². The van der Waals surface area contributed by atoms with Gasteiger partial charge < -0.3 is 4.74 Å². The number of carbonyl (C=O) groups excluding carboxylic acids is 1. The molecule has 0 aromatic heterocycles. The molecule has 2 nitrogen and oxygen atoms in total. The molecular formula is C15H11ClO2. The topological polar surface area (TPSA) is 26.3 Å². The van der Waals surface area contributed by atoms with E-state index in [4.69, 9.17) is 16.3 Å². The maximum atomic E-state index is 10.5. The van der Waals surface area contributed by atoms with Gasteiger partial charge in [0, 0.05) is 6.92 Å². The number of alkyl halides is 1. The Morgan fingerprint density at radius 3 is 2.44 bits per heavy atom. The maximum Gasteiger partial charge on any atom is 0.302 e. The molecular weight excluding hydrogens is 248 g/mol. The van der Waals surface area contributed by atoms with Crippen LogP contribution in [0, 0.1) is 47.4 Å². The van der Waals surface area contributed by atoms with Crippen LogP contribution < -0.4 is 0 Å². The van der Waals surface area contributed by atoms with Crippen molar-refractivity contribution in [3.05, 3.63) is 12.2 Å². The van der Waals surface area contributed by atoms with Gasteiger partial charge in [0.25, 0.3) is 0 Å². The van der Waals surface area contributed by atoms with E-state index in [0.29, 0.717) is 0 Å². The van der Waals surface area contributed by atoms with Crippen LogP contribution in [0.4, 0.5) is 0 Å². The minimum absolute atomic E-state index is 0.127. The lowest BCUT2D eigenvalue weighted by Gasteiger charge is -2.02. The third-order valence-electron chi connectivity index (χ3n) is 1.34. The largest absolute Gasteiger partial charge is 0.464 e. The molecule has 0 aromatic carbocycles.